The fourth-order valence-electron chi connectivity index (χ4n) is 4.72. The van der Waals surface area contributed by atoms with E-state index in [2.05, 4.69) is 11.8 Å². The third-order valence-electron chi connectivity index (χ3n) is 5.75. The molecule has 20 heavy (non-hydrogen) atoms. The molecule has 2 unspecified atom stereocenters. The second-order valence-corrected chi connectivity index (χ2v) is 7.30. The number of amides is 1. The van der Waals surface area contributed by atoms with Crippen molar-refractivity contribution >= 4 is 11.9 Å². The summed E-state index contributed by atoms with van der Waals surface area (Å²) in [6, 6.07) is 0.617. The Balaban J connectivity index is 1.70. The first-order valence-corrected chi connectivity index (χ1v) is 8.04. The quantitative estimate of drug-likeness (QED) is 0.864. The van der Waals surface area contributed by atoms with E-state index < -0.39 is 5.97 Å². The maximum absolute atomic E-state index is 12.9. The normalized spacial score (nSPS) is 35.2. The molecule has 3 aliphatic rings. The summed E-state index contributed by atoms with van der Waals surface area (Å²) in [6.45, 7) is 2.13. The zero-order valence-corrected chi connectivity index (χ0v) is 12.3. The van der Waals surface area contributed by atoms with Crippen LogP contribution in [0.4, 0.5) is 0 Å². The minimum atomic E-state index is -0.697. The van der Waals surface area contributed by atoms with Crippen molar-refractivity contribution in [3.8, 4) is 0 Å². The minimum Gasteiger partial charge on any atom is -0.481 e. The van der Waals surface area contributed by atoms with Crippen LogP contribution in [-0.2, 0) is 9.59 Å². The van der Waals surface area contributed by atoms with Gasteiger partial charge in [-0.15, -0.1) is 0 Å². The lowest BCUT2D eigenvalue weighted by Crippen LogP contribution is -2.51. The lowest BCUT2D eigenvalue weighted by atomic mass is 9.83. The molecule has 1 saturated carbocycles. The van der Waals surface area contributed by atoms with Crippen molar-refractivity contribution in [1.29, 1.82) is 0 Å². The minimum absolute atomic E-state index is 0.138. The predicted molar refractivity (Wildman–Crippen MR) is 75.2 cm³/mol. The van der Waals surface area contributed by atoms with E-state index in [4.69, 9.17) is 5.11 Å². The van der Waals surface area contributed by atoms with E-state index >= 15 is 0 Å². The van der Waals surface area contributed by atoms with Gasteiger partial charge in [0.25, 0.3) is 0 Å². The number of hydrogen-bond acceptors (Lipinski definition) is 2. The number of fused-ring (bicyclic) bond motifs is 2. The van der Waals surface area contributed by atoms with E-state index in [1.165, 1.54) is 12.8 Å². The van der Waals surface area contributed by atoms with Gasteiger partial charge in [0.15, 0.2) is 0 Å². The number of carboxylic acids is 1. The maximum Gasteiger partial charge on any atom is 0.303 e. The summed E-state index contributed by atoms with van der Waals surface area (Å²) in [5, 5.41) is 8.97. The van der Waals surface area contributed by atoms with Gasteiger partial charge in [-0.2, -0.15) is 0 Å². The van der Waals surface area contributed by atoms with E-state index in [9.17, 15) is 9.59 Å². The summed E-state index contributed by atoms with van der Waals surface area (Å²) in [6.07, 6.45) is 8.60. The van der Waals surface area contributed by atoms with Gasteiger partial charge in [-0.1, -0.05) is 19.8 Å². The molecule has 0 aromatic rings. The SMILES string of the molecule is CC1(C(=O)N2C3CCC2CC(CC(=O)O)C3)CCCC1. The molecule has 2 heterocycles. The van der Waals surface area contributed by atoms with Crippen molar-refractivity contribution in [2.24, 2.45) is 11.3 Å². The van der Waals surface area contributed by atoms with Gasteiger partial charge in [-0.3, -0.25) is 9.59 Å². The van der Waals surface area contributed by atoms with Crippen LogP contribution in [0.15, 0.2) is 0 Å². The Hall–Kier alpha value is -1.06. The Morgan fingerprint density at radius 2 is 1.70 bits per heavy atom. The highest BCUT2D eigenvalue weighted by Gasteiger charge is 2.49. The Labute approximate surface area is 120 Å². The molecule has 1 N–H and O–H groups in total. The predicted octanol–water partition coefficient (Wildman–Crippen LogP) is 2.81. The second-order valence-electron chi connectivity index (χ2n) is 7.30. The Morgan fingerprint density at radius 3 is 2.20 bits per heavy atom. The molecule has 0 spiro atoms. The van der Waals surface area contributed by atoms with Gasteiger partial charge in [0.1, 0.15) is 0 Å². The maximum atomic E-state index is 12.9. The van der Waals surface area contributed by atoms with Crippen LogP contribution in [-0.4, -0.2) is 34.0 Å². The first-order valence-electron chi connectivity index (χ1n) is 8.04. The van der Waals surface area contributed by atoms with Crippen LogP contribution in [0.3, 0.4) is 0 Å². The van der Waals surface area contributed by atoms with Gasteiger partial charge in [-0.05, 0) is 44.4 Å². The van der Waals surface area contributed by atoms with Gasteiger partial charge in [-0.25, -0.2) is 0 Å². The summed E-state index contributed by atoms with van der Waals surface area (Å²) in [5.74, 6) is -0.0707. The molecule has 3 rings (SSSR count). The van der Waals surface area contributed by atoms with Gasteiger partial charge in [0.05, 0.1) is 0 Å². The average molecular weight is 279 g/mol. The second kappa shape index (κ2) is 5.05. The molecule has 2 saturated heterocycles. The molecular formula is C16H25NO3. The molecule has 0 aromatic heterocycles. The topological polar surface area (TPSA) is 57.6 Å². The largest absolute Gasteiger partial charge is 0.481 e. The zero-order valence-electron chi connectivity index (χ0n) is 12.3. The lowest BCUT2D eigenvalue weighted by Gasteiger charge is -2.42. The molecule has 2 aliphatic heterocycles. The first-order chi connectivity index (χ1) is 9.49. The van der Waals surface area contributed by atoms with Gasteiger partial charge in [0.2, 0.25) is 5.91 Å². The number of rotatable bonds is 3. The number of nitrogens with zero attached hydrogens (tertiary/aromatic N) is 1. The van der Waals surface area contributed by atoms with Crippen LogP contribution in [0.25, 0.3) is 0 Å². The number of piperidine rings is 1. The Bertz CT molecular complexity index is 400. The molecule has 1 aliphatic carbocycles. The van der Waals surface area contributed by atoms with Crippen molar-refractivity contribution < 1.29 is 14.7 Å². The molecule has 112 valence electrons. The van der Waals surface area contributed by atoms with Crippen LogP contribution in [0, 0.1) is 11.3 Å². The summed E-state index contributed by atoms with van der Waals surface area (Å²) in [4.78, 5) is 26.0. The third-order valence-corrected chi connectivity index (χ3v) is 5.75. The number of carboxylic acid groups (broad SMARTS) is 1. The molecule has 2 bridgehead atoms. The Morgan fingerprint density at radius 1 is 1.15 bits per heavy atom. The monoisotopic (exact) mass is 279 g/mol. The molecule has 1 amide bonds. The fraction of sp³-hybridized carbons (Fsp3) is 0.875. The molecule has 2 atom stereocenters. The van der Waals surface area contributed by atoms with Gasteiger partial charge < -0.3 is 10.0 Å². The molecule has 4 heteroatoms. The van der Waals surface area contributed by atoms with E-state index in [1.807, 2.05) is 0 Å². The average Bonchev–Trinajstić information content (AvgIpc) is 2.92. The standard InChI is InChI=1S/C16H25NO3/c1-16(6-2-3-7-16)15(20)17-12-4-5-13(17)9-11(8-12)10-14(18)19/h11-13H,2-10H2,1H3,(H,18,19). The molecule has 4 nitrogen and oxygen atoms in total. The van der Waals surface area contributed by atoms with Crippen LogP contribution < -0.4 is 0 Å². The highest BCUT2D eigenvalue weighted by molar-refractivity contribution is 5.83. The summed E-state index contributed by atoms with van der Waals surface area (Å²) < 4.78 is 0. The number of carbonyl (C=O) groups is 2. The first kappa shape index (κ1) is 13.9. The fourth-order valence-corrected chi connectivity index (χ4v) is 4.72. The zero-order chi connectivity index (χ0) is 14.3. The van der Waals surface area contributed by atoms with Crippen molar-refractivity contribution in [3.05, 3.63) is 0 Å². The Kier molecular flexibility index (Phi) is 3.51. The van der Waals surface area contributed by atoms with Gasteiger partial charge in [0, 0.05) is 23.9 Å². The van der Waals surface area contributed by atoms with Crippen molar-refractivity contribution in [1.82, 2.24) is 4.90 Å². The van der Waals surface area contributed by atoms with Crippen LogP contribution >= 0.6 is 0 Å². The molecule has 3 fully saturated rings. The van der Waals surface area contributed by atoms with Crippen molar-refractivity contribution in [3.63, 3.8) is 0 Å². The van der Waals surface area contributed by atoms with E-state index in [0.29, 0.717) is 18.0 Å². The summed E-state index contributed by atoms with van der Waals surface area (Å²) in [7, 11) is 0. The summed E-state index contributed by atoms with van der Waals surface area (Å²) >= 11 is 0. The highest BCUT2D eigenvalue weighted by atomic mass is 16.4. The number of carbonyl (C=O) groups excluding carboxylic acids is 1. The number of hydrogen-bond donors (Lipinski definition) is 1. The molecule has 0 radical (unpaired) electrons. The van der Waals surface area contributed by atoms with Crippen LogP contribution in [0.5, 0.6) is 0 Å². The number of aliphatic carboxylic acids is 1. The van der Waals surface area contributed by atoms with E-state index in [1.54, 1.807) is 0 Å². The van der Waals surface area contributed by atoms with E-state index in [-0.39, 0.29) is 17.8 Å². The highest BCUT2D eigenvalue weighted by Crippen LogP contribution is 2.46. The summed E-state index contributed by atoms with van der Waals surface area (Å²) in [5.41, 5.74) is -0.138. The third kappa shape index (κ3) is 2.33. The lowest BCUT2D eigenvalue weighted by molar-refractivity contribution is -0.147. The van der Waals surface area contributed by atoms with E-state index in [0.717, 1.165) is 38.5 Å². The molecule has 0 aromatic carbocycles. The van der Waals surface area contributed by atoms with Crippen molar-refractivity contribution in [2.75, 3.05) is 0 Å². The molecular weight excluding hydrogens is 254 g/mol. The van der Waals surface area contributed by atoms with Crippen molar-refractivity contribution in [2.45, 2.75) is 76.8 Å². The van der Waals surface area contributed by atoms with Crippen LogP contribution in [0.1, 0.15) is 64.7 Å². The van der Waals surface area contributed by atoms with Gasteiger partial charge >= 0.3 is 5.97 Å². The smallest absolute Gasteiger partial charge is 0.303 e. The van der Waals surface area contributed by atoms with Crippen LogP contribution in [0.2, 0.25) is 0 Å².